The number of hydrogen-bond acceptors (Lipinski definition) is 4. The zero-order chi connectivity index (χ0) is 18.6. The third kappa shape index (κ3) is 4.27. The van der Waals surface area contributed by atoms with Gasteiger partial charge in [-0.05, 0) is 56.2 Å². The summed E-state index contributed by atoms with van der Waals surface area (Å²) in [6.45, 7) is 2.18. The molecule has 4 rings (SSSR count). The molecule has 2 aromatic rings. The molecule has 1 aromatic carbocycles. The van der Waals surface area contributed by atoms with E-state index in [2.05, 4.69) is 59.3 Å². The predicted octanol–water partition coefficient (Wildman–Crippen LogP) is 4.21. The van der Waals surface area contributed by atoms with Crippen LogP contribution in [0.5, 0.6) is 0 Å². The van der Waals surface area contributed by atoms with Gasteiger partial charge in [0, 0.05) is 32.1 Å². The van der Waals surface area contributed by atoms with Gasteiger partial charge in [-0.3, -0.25) is 0 Å². The molecule has 1 aliphatic heterocycles. The number of aliphatic hydroxyl groups excluding tert-OH is 1. The van der Waals surface area contributed by atoms with Gasteiger partial charge in [-0.2, -0.15) is 0 Å². The summed E-state index contributed by atoms with van der Waals surface area (Å²) in [5.74, 6) is 1.65. The summed E-state index contributed by atoms with van der Waals surface area (Å²) in [6, 6.07) is 15.8. The first kappa shape index (κ1) is 18.3. The summed E-state index contributed by atoms with van der Waals surface area (Å²) in [5.41, 5.74) is 2.68. The van der Waals surface area contributed by atoms with Crippen molar-refractivity contribution in [2.24, 2.45) is 0 Å². The Labute approximate surface area is 162 Å². The standard InChI is InChI=1S/C23H31N3O/c1-25(20-9-12-22(27)13-10-20)23-14-11-21(16-24-23)26-15-5-8-19(17-26)18-6-3-2-4-7-18/h2-4,6-7,11,14,16,19-20,22,27H,5,8-10,12-13,15,17H2,1H3/t19?,20-,22+. The lowest BCUT2D eigenvalue weighted by molar-refractivity contribution is 0.122. The van der Waals surface area contributed by atoms with Crippen molar-refractivity contribution < 1.29 is 5.11 Å². The minimum absolute atomic E-state index is 0.110. The van der Waals surface area contributed by atoms with E-state index in [-0.39, 0.29) is 6.10 Å². The maximum Gasteiger partial charge on any atom is 0.128 e. The van der Waals surface area contributed by atoms with E-state index in [0.29, 0.717) is 12.0 Å². The largest absolute Gasteiger partial charge is 0.393 e. The third-order valence-corrected chi connectivity index (χ3v) is 6.37. The summed E-state index contributed by atoms with van der Waals surface area (Å²) >= 11 is 0. The highest BCUT2D eigenvalue weighted by Gasteiger charge is 2.24. The summed E-state index contributed by atoms with van der Waals surface area (Å²) < 4.78 is 0. The molecule has 2 aliphatic rings. The van der Waals surface area contributed by atoms with Gasteiger partial charge in [-0.15, -0.1) is 0 Å². The Kier molecular flexibility index (Phi) is 5.63. The zero-order valence-electron chi connectivity index (χ0n) is 16.3. The minimum atomic E-state index is -0.110. The van der Waals surface area contributed by atoms with Crippen LogP contribution in [0.2, 0.25) is 0 Å². The summed E-state index contributed by atoms with van der Waals surface area (Å²) in [6.07, 6.45) is 8.33. The number of piperidine rings is 1. The fourth-order valence-corrected chi connectivity index (χ4v) is 4.62. The predicted molar refractivity (Wildman–Crippen MR) is 112 cm³/mol. The average Bonchev–Trinajstić information content (AvgIpc) is 2.75. The molecule has 0 spiro atoms. The molecule has 1 saturated carbocycles. The van der Waals surface area contributed by atoms with Crippen molar-refractivity contribution in [1.82, 2.24) is 4.98 Å². The summed E-state index contributed by atoms with van der Waals surface area (Å²) in [7, 11) is 2.14. The lowest BCUT2D eigenvalue weighted by Crippen LogP contribution is -2.37. The Morgan fingerprint density at radius 2 is 1.78 bits per heavy atom. The van der Waals surface area contributed by atoms with E-state index in [9.17, 15) is 5.11 Å². The molecule has 1 saturated heterocycles. The SMILES string of the molecule is CN(c1ccc(N2CCCC(c3ccccc3)C2)cn1)[C@H]1CC[C@@H](O)CC1. The molecule has 0 radical (unpaired) electrons. The van der Waals surface area contributed by atoms with Crippen molar-refractivity contribution in [3.63, 3.8) is 0 Å². The van der Waals surface area contributed by atoms with E-state index >= 15 is 0 Å². The molecule has 4 heteroatoms. The van der Waals surface area contributed by atoms with Crippen molar-refractivity contribution in [3.05, 3.63) is 54.2 Å². The molecule has 27 heavy (non-hydrogen) atoms. The topological polar surface area (TPSA) is 39.6 Å². The highest BCUT2D eigenvalue weighted by molar-refractivity contribution is 5.51. The van der Waals surface area contributed by atoms with Gasteiger partial charge in [0.25, 0.3) is 0 Å². The van der Waals surface area contributed by atoms with Crippen molar-refractivity contribution in [3.8, 4) is 0 Å². The van der Waals surface area contributed by atoms with Crippen LogP contribution in [0, 0.1) is 0 Å². The molecule has 1 aromatic heterocycles. The number of hydrogen-bond donors (Lipinski definition) is 1. The maximum atomic E-state index is 9.72. The number of aromatic nitrogens is 1. The molecule has 144 valence electrons. The molecule has 2 fully saturated rings. The lowest BCUT2D eigenvalue weighted by Gasteiger charge is -2.36. The molecular formula is C23H31N3O. The summed E-state index contributed by atoms with van der Waals surface area (Å²) in [5, 5.41) is 9.72. The van der Waals surface area contributed by atoms with Crippen LogP contribution in [0.3, 0.4) is 0 Å². The molecule has 1 atom stereocenters. The van der Waals surface area contributed by atoms with Gasteiger partial charge < -0.3 is 14.9 Å². The van der Waals surface area contributed by atoms with Crippen LogP contribution in [0.4, 0.5) is 11.5 Å². The Morgan fingerprint density at radius 3 is 2.48 bits per heavy atom. The fraction of sp³-hybridized carbons (Fsp3) is 0.522. The Balaban J connectivity index is 1.41. The second kappa shape index (κ2) is 8.30. The van der Waals surface area contributed by atoms with E-state index in [4.69, 9.17) is 4.98 Å². The molecule has 1 N–H and O–H groups in total. The van der Waals surface area contributed by atoms with Gasteiger partial charge in [0.1, 0.15) is 5.82 Å². The number of rotatable bonds is 4. The molecular weight excluding hydrogens is 334 g/mol. The van der Waals surface area contributed by atoms with Gasteiger partial charge in [-0.25, -0.2) is 4.98 Å². The number of nitrogens with zero attached hydrogens (tertiary/aromatic N) is 3. The highest BCUT2D eigenvalue weighted by atomic mass is 16.3. The van der Waals surface area contributed by atoms with Gasteiger partial charge in [0.2, 0.25) is 0 Å². The molecule has 1 aliphatic carbocycles. The molecule has 2 heterocycles. The average molecular weight is 366 g/mol. The van der Waals surface area contributed by atoms with Gasteiger partial charge in [-0.1, -0.05) is 30.3 Å². The molecule has 4 nitrogen and oxygen atoms in total. The smallest absolute Gasteiger partial charge is 0.128 e. The first-order valence-electron chi connectivity index (χ1n) is 10.4. The first-order valence-corrected chi connectivity index (χ1v) is 10.4. The fourth-order valence-electron chi connectivity index (χ4n) is 4.62. The van der Waals surface area contributed by atoms with Gasteiger partial charge >= 0.3 is 0 Å². The van der Waals surface area contributed by atoms with Crippen LogP contribution >= 0.6 is 0 Å². The van der Waals surface area contributed by atoms with Crippen LogP contribution in [0.25, 0.3) is 0 Å². The third-order valence-electron chi connectivity index (χ3n) is 6.37. The van der Waals surface area contributed by atoms with Crippen LogP contribution in [0.15, 0.2) is 48.7 Å². The van der Waals surface area contributed by atoms with E-state index in [1.165, 1.54) is 24.1 Å². The monoisotopic (exact) mass is 365 g/mol. The van der Waals surface area contributed by atoms with E-state index in [1.54, 1.807) is 0 Å². The lowest BCUT2D eigenvalue weighted by atomic mass is 9.90. The van der Waals surface area contributed by atoms with Gasteiger partial charge in [0.15, 0.2) is 0 Å². The zero-order valence-corrected chi connectivity index (χ0v) is 16.3. The van der Waals surface area contributed by atoms with Crippen LogP contribution in [0.1, 0.15) is 50.0 Å². The normalized spacial score (nSPS) is 26.0. The summed E-state index contributed by atoms with van der Waals surface area (Å²) in [4.78, 5) is 9.54. The maximum absolute atomic E-state index is 9.72. The van der Waals surface area contributed by atoms with Crippen molar-refractivity contribution >= 4 is 11.5 Å². The molecule has 1 unspecified atom stereocenters. The molecule has 0 amide bonds. The second-order valence-electron chi connectivity index (χ2n) is 8.14. The van der Waals surface area contributed by atoms with E-state index in [0.717, 1.165) is 44.6 Å². The van der Waals surface area contributed by atoms with Gasteiger partial charge in [0.05, 0.1) is 18.0 Å². The van der Waals surface area contributed by atoms with Crippen molar-refractivity contribution in [1.29, 1.82) is 0 Å². The van der Waals surface area contributed by atoms with Crippen LogP contribution in [-0.2, 0) is 0 Å². The van der Waals surface area contributed by atoms with Crippen LogP contribution in [-0.4, -0.2) is 42.4 Å². The van der Waals surface area contributed by atoms with Crippen LogP contribution < -0.4 is 9.80 Å². The van der Waals surface area contributed by atoms with E-state index in [1.807, 2.05) is 6.20 Å². The second-order valence-corrected chi connectivity index (χ2v) is 8.14. The van der Waals surface area contributed by atoms with Crippen molar-refractivity contribution in [2.75, 3.05) is 29.9 Å². The quantitative estimate of drug-likeness (QED) is 0.881. The number of anilines is 2. The Bertz CT molecular complexity index is 710. The number of benzene rings is 1. The highest BCUT2D eigenvalue weighted by Crippen LogP contribution is 2.31. The number of aliphatic hydroxyl groups is 1. The number of pyridine rings is 1. The minimum Gasteiger partial charge on any atom is -0.393 e. The Morgan fingerprint density at radius 1 is 1.00 bits per heavy atom. The first-order chi connectivity index (χ1) is 13.2. The molecule has 0 bridgehead atoms. The van der Waals surface area contributed by atoms with E-state index < -0.39 is 0 Å². The Hall–Kier alpha value is -2.07. The van der Waals surface area contributed by atoms with Crippen molar-refractivity contribution in [2.45, 2.75) is 56.6 Å².